The molecule has 6 nitrogen and oxygen atoms in total. The Morgan fingerprint density at radius 3 is 2.26 bits per heavy atom. The number of nitrogens with zero attached hydrogens (tertiary/aromatic N) is 3. The molecule has 2 aliphatic rings. The van der Waals surface area contributed by atoms with E-state index >= 15 is 0 Å². The van der Waals surface area contributed by atoms with Crippen LogP contribution in [0.5, 0.6) is 0 Å². The van der Waals surface area contributed by atoms with Crippen molar-refractivity contribution < 1.29 is 4.79 Å². The second-order valence-electron chi connectivity index (χ2n) is 10.3. The smallest absolute Gasteiger partial charge is 0.223 e. The molecule has 4 aromatic rings. The number of fused-ring (bicyclic) bond motifs is 1. The number of rotatable bonds is 6. The van der Waals surface area contributed by atoms with Crippen LogP contribution in [0.25, 0.3) is 33.6 Å². The van der Waals surface area contributed by atoms with Gasteiger partial charge >= 0.3 is 0 Å². The first kappa shape index (κ1) is 21.8. The Morgan fingerprint density at radius 1 is 0.971 bits per heavy atom. The van der Waals surface area contributed by atoms with Gasteiger partial charge in [-0.15, -0.1) is 0 Å². The van der Waals surface area contributed by atoms with Crippen LogP contribution in [-0.2, 0) is 4.79 Å². The van der Waals surface area contributed by atoms with Crippen LogP contribution in [0, 0.1) is 11.8 Å². The van der Waals surface area contributed by atoms with Gasteiger partial charge < -0.3 is 14.9 Å². The first-order chi connectivity index (χ1) is 17.1. The third-order valence-electron chi connectivity index (χ3n) is 7.59. The molecule has 1 aliphatic heterocycles. The summed E-state index contributed by atoms with van der Waals surface area (Å²) in [6.07, 6.45) is 9.49. The van der Waals surface area contributed by atoms with Gasteiger partial charge in [0.1, 0.15) is 5.82 Å². The van der Waals surface area contributed by atoms with Crippen molar-refractivity contribution in [1.29, 1.82) is 0 Å². The Bertz CT molecular complexity index is 1300. The third-order valence-corrected chi connectivity index (χ3v) is 7.59. The summed E-state index contributed by atoms with van der Waals surface area (Å²) in [6, 6.07) is 17.5. The average molecular weight is 466 g/mol. The number of carbonyl (C=O) groups excluding carboxylic acids is 1. The first-order valence-corrected chi connectivity index (χ1v) is 12.6. The van der Waals surface area contributed by atoms with Crippen molar-refractivity contribution in [3.8, 4) is 33.6 Å². The summed E-state index contributed by atoms with van der Waals surface area (Å²) >= 11 is 0. The minimum absolute atomic E-state index is 0.0693. The number of hydrogen-bond donors (Lipinski definition) is 2. The number of hydrogen-bond acceptors (Lipinski definition) is 3. The molecule has 2 aromatic carbocycles. The Kier molecular flexibility index (Phi) is 5.51. The third kappa shape index (κ3) is 4.07. The van der Waals surface area contributed by atoms with E-state index in [1.54, 1.807) is 6.33 Å². The molecule has 0 bridgehead atoms. The number of H-pyrrole nitrogens is 2. The largest absolute Gasteiger partial charge is 0.351 e. The highest BCUT2D eigenvalue weighted by molar-refractivity contribution is 5.78. The van der Waals surface area contributed by atoms with Gasteiger partial charge in [0, 0.05) is 24.2 Å². The van der Waals surface area contributed by atoms with E-state index in [1.165, 1.54) is 17.5 Å². The molecule has 3 atom stereocenters. The Hall–Kier alpha value is -3.67. The van der Waals surface area contributed by atoms with Gasteiger partial charge in [-0.25, -0.2) is 9.97 Å². The zero-order valence-corrected chi connectivity index (χ0v) is 20.2. The molecular weight excluding hydrogens is 434 g/mol. The molecule has 3 heterocycles. The predicted octanol–water partition coefficient (Wildman–Crippen LogP) is 6.23. The van der Waals surface area contributed by atoms with Crippen molar-refractivity contribution in [1.82, 2.24) is 24.8 Å². The van der Waals surface area contributed by atoms with Gasteiger partial charge in [-0.05, 0) is 47.8 Å². The van der Waals surface area contributed by atoms with Gasteiger partial charge in [0.2, 0.25) is 5.91 Å². The van der Waals surface area contributed by atoms with E-state index in [2.05, 4.69) is 82.2 Å². The number of aromatic amines is 2. The molecular formula is C29H31N5O. The van der Waals surface area contributed by atoms with Gasteiger partial charge in [0.05, 0.1) is 30.0 Å². The van der Waals surface area contributed by atoms with Crippen LogP contribution in [-0.4, -0.2) is 36.8 Å². The molecule has 6 heteroatoms. The minimum atomic E-state index is 0.0693. The molecule has 0 spiro atoms. The van der Waals surface area contributed by atoms with Gasteiger partial charge in [-0.3, -0.25) is 4.79 Å². The van der Waals surface area contributed by atoms with Crippen molar-refractivity contribution in [2.75, 3.05) is 0 Å². The fraction of sp³-hybridized carbons (Fsp3) is 0.345. The molecule has 0 radical (unpaired) electrons. The normalized spacial score (nSPS) is 21.2. The van der Waals surface area contributed by atoms with E-state index in [-0.39, 0.29) is 11.9 Å². The van der Waals surface area contributed by atoms with Crippen molar-refractivity contribution in [2.24, 2.45) is 11.8 Å². The van der Waals surface area contributed by atoms with E-state index in [4.69, 9.17) is 4.98 Å². The fourth-order valence-corrected chi connectivity index (χ4v) is 5.63. The van der Waals surface area contributed by atoms with Crippen LogP contribution in [0.1, 0.15) is 51.4 Å². The van der Waals surface area contributed by atoms with Crippen molar-refractivity contribution in [2.45, 2.75) is 51.6 Å². The molecule has 1 saturated carbocycles. The van der Waals surface area contributed by atoms with Crippen LogP contribution < -0.4 is 0 Å². The van der Waals surface area contributed by atoms with Crippen molar-refractivity contribution >= 4 is 5.91 Å². The molecule has 1 aliphatic carbocycles. The Labute approximate surface area is 205 Å². The molecule has 6 rings (SSSR count). The van der Waals surface area contributed by atoms with Crippen molar-refractivity contribution in [3.05, 3.63) is 73.1 Å². The van der Waals surface area contributed by atoms with Crippen molar-refractivity contribution in [3.63, 3.8) is 0 Å². The molecule has 2 fully saturated rings. The van der Waals surface area contributed by atoms with E-state index in [0.29, 0.717) is 24.3 Å². The number of nitrogens with one attached hydrogen (secondary N) is 2. The molecule has 2 N–H and O–H groups in total. The lowest BCUT2D eigenvalue weighted by atomic mass is 9.80. The molecule has 178 valence electrons. The van der Waals surface area contributed by atoms with Crippen LogP contribution >= 0.6 is 0 Å². The minimum Gasteiger partial charge on any atom is -0.351 e. The maximum Gasteiger partial charge on any atom is 0.223 e. The first-order valence-electron chi connectivity index (χ1n) is 12.6. The summed E-state index contributed by atoms with van der Waals surface area (Å²) in [4.78, 5) is 30.8. The lowest BCUT2D eigenvalue weighted by molar-refractivity contribution is -0.136. The molecule has 35 heavy (non-hydrogen) atoms. The van der Waals surface area contributed by atoms with E-state index in [0.717, 1.165) is 41.2 Å². The molecule has 1 amide bonds. The summed E-state index contributed by atoms with van der Waals surface area (Å²) in [7, 11) is 0. The standard InChI is InChI=1S/C29H31N5O/c1-18(2)13-28(35)34-26-12-11-23(26)14-27(34)29-31-16-25(33-29)22-9-5-20(6-10-22)19-3-7-21(8-4-19)24-15-30-17-32-24/h3-10,15-18,23,26-27H,11-14H2,1-2H3,(H,30,32)(H,31,33)/t23-,26-,27+/m1/s1. The second-order valence-corrected chi connectivity index (χ2v) is 10.3. The van der Waals surface area contributed by atoms with E-state index in [9.17, 15) is 4.79 Å². The van der Waals surface area contributed by atoms with E-state index < -0.39 is 0 Å². The highest BCUT2D eigenvalue weighted by Gasteiger charge is 2.49. The molecule has 2 aromatic heterocycles. The number of amides is 1. The SMILES string of the molecule is CC(C)CC(=O)N1[C@@H]2CC[C@@H]2C[C@H]1c1ncc(-c2ccc(-c3ccc(-c4c[nH]cn4)cc3)cc2)[nH]1. The molecule has 0 unspecified atom stereocenters. The summed E-state index contributed by atoms with van der Waals surface area (Å²) in [6.45, 7) is 4.23. The zero-order chi connectivity index (χ0) is 23.9. The lowest BCUT2D eigenvalue weighted by Gasteiger charge is -2.37. The van der Waals surface area contributed by atoms with Gasteiger partial charge in [-0.2, -0.15) is 0 Å². The summed E-state index contributed by atoms with van der Waals surface area (Å²) in [5.41, 5.74) is 6.47. The zero-order valence-electron chi connectivity index (χ0n) is 20.2. The quantitative estimate of drug-likeness (QED) is 0.354. The summed E-state index contributed by atoms with van der Waals surface area (Å²) in [5, 5.41) is 0. The number of benzene rings is 2. The van der Waals surface area contributed by atoms with Gasteiger partial charge in [-0.1, -0.05) is 62.4 Å². The van der Waals surface area contributed by atoms with E-state index in [1.807, 2.05) is 12.4 Å². The number of carbonyl (C=O) groups is 1. The Balaban J connectivity index is 1.20. The van der Waals surface area contributed by atoms with Crippen LogP contribution in [0.3, 0.4) is 0 Å². The maximum absolute atomic E-state index is 13.0. The molecule has 1 saturated heterocycles. The number of imidazole rings is 2. The Morgan fingerprint density at radius 2 is 1.66 bits per heavy atom. The summed E-state index contributed by atoms with van der Waals surface area (Å²) < 4.78 is 0. The fourth-order valence-electron chi connectivity index (χ4n) is 5.63. The number of likely N-dealkylation sites (tertiary alicyclic amines) is 1. The average Bonchev–Trinajstić information content (AvgIpc) is 3.59. The second kappa shape index (κ2) is 8.84. The predicted molar refractivity (Wildman–Crippen MR) is 137 cm³/mol. The number of aromatic nitrogens is 4. The maximum atomic E-state index is 13.0. The van der Waals surface area contributed by atoms with Gasteiger partial charge in [0.15, 0.2) is 0 Å². The monoisotopic (exact) mass is 465 g/mol. The lowest BCUT2D eigenvalue weighted by Crippen LogP contribution is -2.44. The van der Waals surface area contributed by atoms with Crippen LogP contribution in [0.15, 0.2) is 67.3 Å². The highest BCUT2D eigenvalue weighted by Crippen LogP contribution is 2.49. The highest BCUT2D eigenvalue weighted by atomic mass is 16.2. The van der Waals surface area contributed by atoms with Crippen LogP contribution in [0.2, 0.25) is 0 Å². The van der Waals surface area contributed by atoms with Crippen LogP contribution in [0.4, 0.5) is 0 Å². The van der Waals surface area contributed by atoms with Gasteiger partial charge in [0.25, 0.3) is 0 Å². The summed E-state index contributed by atoms with van der Waals surface area (Å²) in [5.74, 6) is 2.19. The topological polar surface area (TPSA) is 77.7 Å².